The number of esters is 1. The Balaban J connectivity index is 1.64. The molecule has 0 saturated heterocycles. The number of ether oxygens (including phenoxy) is 2. The van der Waals surface area contributed by atoms with Gasteiger partial charge in [0, 0.05) is 0 Å². The predicted molar refractivity (Wildman–Crippen MR) is 99.9 cm³/mol. The number of benzene rings is 3. The Labute approximate surface area is 159 Å². The molecule has 1 aliphatic heterocycles. The second kappa shape index (κ2) is 7.44. The van der Waals surface area contributed by atoms with Crippen LogP contribution in [0.2, 0.25) is 0 Å². The zero-order valence-corrected chi connectivity index (χ0v) is 14.4. The molecule has 6 heteroatoms. The molecule has 0 bridgehead atoms. The van der Waals surface area contributed by atoms with Crippen LogP contribution in [0, 0.1) is 11.6 Å². The number of carbonyl (C=O) groups excluding carboxylic acids is 1. The summed E-state index contributed by atoms with van der Waals surface area (Å²) in [6, 6.07) is 18.8. The number of aliphatic imine (C=N–C) groups is 1. The molecule has 3 aromatic carbocycles. The Morgan fingerprint density at radius 1 is 0.893 bits per heavy atom. The van der Waals surface area contributed by atoms with Gasteiger partial charge in [0.05, 0.1) is 5.56 Å². The van der Waals surface area contributed by atoms with Crippen molar-refractivity contribution >= 4 is 17.9 Å². The van der Waals surface area contributed by atoms with Gasteiger partial charge in [-0.3, -0.25) is 0 Å². The molecule has 0 radical (unpaired) electrons. The van der Waals surface area contributed by atoms with Gasteiger partial charge in [-0.2, -0.15) is 0 Å². The molecule has 0 amide bonds. The van der Waals surface area contributed by atoms with Gasteiger partial charge < -0.3 is 9.47 Å². The Morgan fingerprint density at radius 3 is 2.43 bits per heavy atom. The molecule has 0 unspecified atom stereocenters. The Bertz CT molecular complexity index is 1110. The molecule has 0 N–H and O–H groups in total. The summed E-state index contributed by atoms with van der Waals surface area (Å²) in [5, 5.41) is 0. The average Bonchev–Trinajstić information content (AvgIpc) is 3.06. The zero-order chi connectivity index (χ0) is 19.5. The van der Waals surface area contributed by atoms with Gasteiger partial charge in [-0.1, -0.05) is 36.4 Å². The lowest BCUT2D eigenvalue weighted by molar-refractivity contribution is -0.129. The van der Waals surface area contributed by atoms with E-state index in [1.807, 2.05) is 6.07 Å². The summed E-state index contributed by atoms with van der Waals surface area (Å²) in [5.41, 5.74) is 0.555. The van der Waals surface area contributed by atoms with Crippen LogP contribution in [-0.4, -0.2) is 11.9 Å². The number of carbonyl (C=O) groups is 1. The minimum atomic E-state index is -0.715. The van der Waals surface area contributed by atoms with Crippen molar-refractivity contribution in [2.75, 3.05) is 0 Å². The fourth-order valence-corrected chi connectivity index (χ4v) is 2.62. The molecular weight excluding hydrogens is 364 g/mol. The lowest BCUT2D eigenvalue weighted by Gasteiger charge is -2.07. The molecule has 28 heavy (non-hydrogen) atoms. The van der Waals surface area contributed by atoms with Crippen LogP contribution in [0.25, 0.3) is 6.08 Å². The minimum Gasteiger partial charge on any atom is -0.454 e. The van der Waals surface area contributed by atoms with Crippen molar-refractivity contribution in [3.8, 4) is 11.5 Å². The summed E-state index contributed by atoms with van der Waals surface area (Å²) in [6.07, 6.45) is 1.42. The molecule has 0 saturated carbocycles. The van der Waals surface area contributed by atoms with Crippen LogP contribution in [0.4, 0.5) is 8.78 Å². The van der Waals surface area contributed by atoms with Crippen LogP contribution in [-0.2, 0) is 9.53 Å². The van der Waals surface area contributed by atoms with E-state index in [0.717, 1.165) is 0 Å². The fraction of sp³-hybridized carbons (Fsp3) is 0. The van der Waals surface area contributed by atoms with Crippen molar-refractivity contribution in [3.05, 3.63) is 101 Å². The SMILES string of the molecule is O=C1OC(c2ccccc2F)=NC1=Cc1ccc(F)c(Oc2ccccc2)c1. The van der Waals surface area contributed by atoms with Gasteiger partial charge in [0.1, 0.15) is 11.6 Å². The van der Waals surface area contributed by atoms with E-state index in [1.165, 1.54) is 42.5 Å². The first kappa shape index (κ1) is 17.6. The van der Waals surface area contributed by atoms with E-state index in [-0.39, 0.29) is 22.9 Å². The van der Waals surface area contributed by atoms with E-state index < -0.39 is 17.6 Å². The zero-order valence-electron chi connectivity index (χ0n) is 14.4. The summed E-state index contributed by atoms with van der Waals surface area (Å²) >= 11 is 0. The summed E-state index contributed by atoms with van der Waals surface area (Å²) in [7, 11) is 0. The quantitative estimate of drug-likeness (QED) is 0.469. The normalized spacial score (nSPS) is 14.7. The monoisotopic (exact) mass is 377 g/mol. The number of cyclic esters (lactones) is 1. The number of hydrogen-bond donors (Lipinski definition) is 0. The summed E-state index contributed by atoms with van der Waals surface area (Å²) in [4.78, 5) is 16.1. The smallest absolute Gasteiger partial charge is 0.363 e. The molecule has 1 aliphatic rings. The van der Waals surface area contributed by atoms with Crippen molar-refractivity contribution in [1.82, 2.24) is 0 Å². The van der Waals surface area contributed by atoms with Crippen molar-refractivity contribution in [2.24, 2.45) is 4.99 Å². The maximum atomic E-state index is 14.1. The van der Waals surface area contributed by atoms with Crippen LogP contribution in [0.5, 0.6) is 11.5 Å². The first-order valence-corrected chi connectivity index (χ1v) is 8.40. The first-order valence-electron chi connectivity index (χ1n) is 8.40. The molecule has 0 aliphatic carbocycles. The highest BCUT2D eigenvalue weighted by Crippen LogP contribution is 2.27. The summed E-state index contributed by atoms with van der Waals surface area (Å²) < 4.78 is 38.5. The minimum absolute atomic E-state index is 0.00483. The van der Waals surface area contributed by atoms with Gasteiger partial charge in [0.15, 0.2) is 17.3 Å². The van der Waals surface area contributed by atoms with E-state index in [2.05, 4.69) is 4.99 Å². The highest BCUT2D eigenvalue weighted by atomic mass is 19.1. The topological polar surface area (TPSA) is 47.9 Å². The van der Waals surface area contributed by atoms with Gasteiger partial charge in [0.25, 0.3) is 0 Å². The number of rotatable bonds is 4. The lowest BCUT2D eigenvalue weighted by Crippen LogP contribution is -2.07. The third kappa shape index (κ3) is 3.66. The highest BCUT2D eigenvalue weighted by Gasteiger charge is 2.26. The second-order valence-corrected chi connectivity index (χ2v) is 5.92. The van der Waals surface area contributed by atoms with Crippen LogP contribution in [0.3, 0.4) is 0 Å². The molecule has 1 heterocycles. The Kier molecular flexibility index (Phi) is 4.68. The first-order chi connectivity index (χ1) is 13.6. The van der Waals surface area contributed by atoms with Crippen LogP contribution >= 0.6 is 0 Å². The second-order valence-electron chi connectivity index (χ2n) is 5.92. The van der Waals surface area contributed by atoms with Crippen molar-refractivity contribution in [1.29, 1.82) is 0 Å². The van der Waals surface area contributed by atoms with Gasteiger partial charge in [-0.15, -0.1) is 0 Å². The molecule has 0 atom stereocenters. The molecule has 3 aromatic rings. The largest absolute Gasteiger partial charge is 0.454 e. The average molecular weight is 377 g/mol. The fourth-order valence-electron chi connectivity index (χ4n) is 2.62. The maximum absolute atomic E-state index is 14.1. The highest BCUT2D eigenvalue weighted by molar-refractivity contribution is 6.12. The molecule has 0 aromatic heterocycles. The van der Waals surface area contributed by atoms with Crippen LogP contribution < -0.4 is 4.74 Å². The van der Waals surface area contributed by atoms with Crippen molar-refractivity contribution < 1.29 is 23.0 Å². The third-order valence-corrected chi connectivity index (χ3v) is 3.95. The number of para-hydroxylation sites is 1. The van der Waals surface area contributed by atoms with E-state index in [9.17, 15) is 13.6 Å². The standard InChI is InChI=1S/C22H13F2NO3/c23-17-9-5-4-8-16(17)21-25-19(22(26)28-21)12-14-10-11-18(24)20(13-14)27-15-6-2-1-3-7-15/h1-13H. The Morgan fingerprint density at radius 2 is 1.64 bits per heavy atom. The van der Waals surface area contributed by atoms with E-state index >= 15 is 0 Å². The molecule has 0 fully saturated rings. The lowest BCUT2D eigenvalue weighted by atomic mass is 10.1. The van der Waals surface area contributed by atoms with Gasteiger partial charge >= 0.3 is 5.97 Å². The maximum Gasteiger partial charge on any atom is 0.363 e. The predicted octanol–water partition coefficient (Wildman–Crippen LogP) is 5.10. The molecule has 4 rings (SSSR count). The van der Waals surface area contributed by atoms with Gasteiger partial charge in [-0.25, -0.2) is 18.6 Å². The molecule has 0 spiro atoms. The molecular formula is C22H13F2NO3. The van der Waals surface area contributed by atoms with Crippen molar-refractivity contribution in [3.63, 3.8) is 0 Å². The number of halogens is 2. The molecule has 4 nitrogen and oxygen atoms in total. The van der Waals surface area contributed by atoms with Gasteiger partial charge in [0.2, 0.25) is 5.90 Å². The van der Waals surface area contributed by atoms with E-state index in [0.29, 0.717) is 11.3 Å². The van der Waals surface area contributed by atoms with Crippen molar-refractivity contribution in [2.45, 2.75) is 0 Å². The van der Waals surface area contributed by atoms with Crippen LogP contribution in [0.1, 0.15) is 11.1 Å². The van der Waals surface area contributed by atoms with E-state index in [4.69, 9.17) is 9.47 Å². The van der Waals surface area contributed by atoms with Gasteiger partial charge in [-0.05, 0) is 48.0 Å². The Hall–Kier alpha value is -3.80. The summed E-state index contributed by atoms with van der Waals surface area (Å²) in [6.45, 7) is 0. The summed E-state index contributed by atoms with van der Waals surface area (Å²) in [5.74, 6) is -1.44. The van der Waals surface area contributed by atoms with E-state index in [1.54, 1.807) is 30.3 Å². The number of hydrogen-bond acceptors (Lipinski definition) is 4. The number of nitrogens with zero attached hydrogens (tertiary/aromatic N) is 1. The van der Waals surface area contributed by atoms with Crippen LogP contribution in [0.15, 0.2) is 83.5 Å². The molecule has 138 valence electrons. The third-order valence-electron chi connectivity index (χ3n) is 3.95.